The minimum atomic E-state index is -0.218. The third-order valence-corrected chi connectivity index (χ3v) is 4.19. The van der Waals surface area contributed by atoms with Crippen molar-refractivity contribution in [3.63, 3.8) is 0 Å². The maximum atomic E-state index is 12.3. The molecule has 6 heteroatoms. The number of anilines is 1. The summed E-state index contributed by atoms with van der Waals surface area (Å²) in [4.78, 5) is 16.6. The summed E-state index contributed by atoms with van der Waals surface area (Å²) in [7, 11) is 0. The maximum absolute atomic E-state index is 12.3. The lowest BCUT2D eigenvalue weighted by Gasteiger charge is -2.10. The van der Waals surface area contributed by atoms with Crippen LogP contribution in [0.2, 0.25) is 5.15 Å². The molecule has 0 aliphatic heterocycles. The summed E-state index contributed by atoms with van der Waals surface area (Å²) in [6.07, 6.45) is 0. The number of nitrogens with one attached hydrogen (secondary N) is 1. The Labute approximate surface area is 145 Å². The van der Waals surface area contributed by atoms with E-state index in [4.69, 9.17) is 11.6 Å². The standard InChI is InChI=1S/C15H13Br2ClN2O/c1-8(2)13-5-9(6-14(18)19-13)15(21)20-12-4-3-10(16)7-11(12)17/h3-8H,1-2H3,(H,20,21). The van der Waals surface area contributed by atoms with Gasteiger partial charge in [0.1, 0.15) is 5.15 Å². The summed E-state index contributed by atoms with van der Waals surface area (Å²) < 4.78 is 1.73. The Morgan fingerprint density at radius 2 is 1.95 bits per heavy atom. The summed E-state index contributed by atoms with van der Waals surface area (Å²) >= 11 is 12.8. The van der Waals surface area contributed by atoms with Gasteiger partial charge in [0.2, 0.25) is 0 Å². The van der Waals surface area contributed by atoms with Crippen molar-refractivity contribution in [1.29, 1.82) is 0 Å². The van der Waals surface area contributed by atoms with E-state index >= 15 is 0 Å². The van der Waals surface area contributed by atoms with Crippen LogP contribution in [0.3, 0.4) is 0 Å². The normalized spacial score (nSPS) is 10.8. The molecule has 0 saturated heterocycles. The van der Waals surface area contributed by atoms with Gasteiger partial charge in [0.05, 0.1) is 5.69 Å². The van der Waals surface area contributed by atoms with Gasteiger partial charge in [-0.3, -0.25) is 4.79 Å². The lowest BCUT2D eigenvalue weighted by Crippen LogP contribution is -2.13. The molecular formula is C15H13Br2ClN2O. The quantitative estimate of drug-likeness (QED) is 0.638. The smallest absolute Gasteiger partial charge is 0.255 e. The van der Waals surface area contributed by atoms with Crippen LogP contribution < -0.4 is 5.32 Å². The third-order valence-electron chi connectivity index (χ3n) is 2.85. The average Bonchev–Trinajstić information content (AvgIpc) is 2.41. The molecule has 0 aliphatic carbocycles. The van der Waals surface area contributed by atoms with Crippen LogP contribution in [-0.2, 0) is 0 Å². The first-order valence-electron chi connectivity index (χ1n) is 6.30. The molecule has 3 nitrogen and oxygen atoms in total. The molecule has 1 aromatic carbocycles. The van der Waals surface area contributed by atoms with E-state index in [1.165, 1.54) is 0 Å². The highest BCUT2D eigenvalue weighted by Crippen LogP contribution is 2.27. The predicted molar refractivity (Wildman–Crippen MR) is 93.1 cm³/mol. The van der Waals surface area contributed by atoms with E-state index in [-0.39, 0.29) is 11.8 Å². The Kier molecular flexibility index (Phi) is 5.41. The van der Waals surface area contributed by atoms with Crippen LogP contribution in [0.25, 0.3) is 0 Å². The van der Waals surface area contributed by atoms with Crippen molar-refractivity contribution in [2.24, 2.45) is 0 Å². The van der Waals surface area contributed by atoms with Crippen LogP contribution in [-0.4, -0.2) is 10.9 Å². The van der Waals surface area contributed by atoms with E-state index in [0.717, 1.165) is 14.6 Å². The molecule has 0 aliphatic rings. The highest BCUT2D eigenvalue weighted by molar-refractivity contribution is 9.11. The van der Waals surface area contributed by atoms with Crippen molar-refractivity contribution in [2.45, 2.75) is 19.8 Å². The van der Waals surface area contributed by atoms with Crippen LogP contribution in [0.4, 0.5) is 5.69 Å². The number of hydrogen-bond donors (Lipinski definition) is 1. The van der Waals surface area contributed by atoms with E-state index in [2.05, 4.69) is 42.2 Å². The largest absolute Gasteiger partial charge is 0.321 e. The molecule has 0 fully saturated rings. The molecule has 1 amide bonds. The van der Waals surface area contributed by atoms with Gasteiger partial charge in [-0.05, 0) is 52.2 Å². The van der Waals surface area contributed by atoms with Gasteiger partial charge < -0.3 is 5.32 Å². The number of nitrogens with zero attached hydrogens (tertiary/aromatic N) is 1. The van der Waals surface area contributed by atoms with Gasteiger partial charge in [-0.15, -0.1) is 0 Å². The molecule has 0 spiro atoms. The molecule has 21 heavy (non-hydrogen) atoms. The van der Waals surface area contributed by atoms with Gasteiger partial charge in [0.15, 0.2) is 0 Å². The van der Waals surface area contributed by atoms with Crippen LogP contribution in [0.15, 0.2) is 39.3 Å². The summed E-state index contributed by atoms with van der Waals surface area (Å²) in [5.74, 6) is -0.0149. The highest BCUT2D eigenvalue weighted by Gasteiger charge is 2.12. The zero-order chi connectivity index (χ0) is 15.6. The number of hydrogen-bond acceptors (Lipinski definition) is 2. The van der Waals surface area contributed by atoms with Gasteiger partial charge in [-0.1, -0.05) is 41.4 Å². The molecular weight excluding hydrogens is 419 g/mol. The Bertz CT molecular complexity index is 689. The average molecular weight is 433 g/mol. The van der Waals surface area contributed by atoms with Crippen molar-refractivity contribution in [3.8, 4) is 0 Å². The van der Waals surface area contributed by atoms with Crippen LogP contribution >= 0.6 is 43.5 Å². The Morgan fingerprint density at radius 3 is 2.57 bits per heavy atom. The van der Waals surface area contributed by atoms with Gasteiger partial charge in [-0.2, -0.15) is 0 Å². The Morgan fingerprint density at radius 1 is 1.24 bits per heavy atom. The topological polar surface area (TPSA) is 42.0 Å². The fraction of sp³-hybridized carbons (Fsp3) is 0.200. The van der Waals surface area contributed by atoms with Crippen LogP contribution in [0, 0.1) is 0 Å². The van der Waals surface area contributed by atoms with Crippen molar-refractivity contribution in [2.75, 3.05) is 5.32 Å². The van der Waals surface area contributed by atoms with Crippen molar-refractivity contribution in [1.82, 2.24) is 4.98 Å². The number of halogens is 3. The lowest BCUT2D eigenvalue weighted by atomic mass is 10.1. The van der Waals surface area contributed by atoms with Crippen molar-refractivity contribution in [3.05, 3.63) is 55.7 Å². The number of amides is 1. The monoisotopic (exact) mass is 430 g/mol. The number of pyridine rings is 1. The number of carbonyl (C=O) groups is 1. The van der Waals surface area contributed by atoms with E-state index in [1.807, 2.05) is 32.0 Å². The second-order valence-electron chi connectivity index (χ2n) is 4.84. The molecule has 110 valence electrons. The minimum Gasteiger partial charge on any atom is -0.321 e. The Hall–Kier alpha value is -0.910. The third kappa shape index (κ3) is 4.28. The van der Waals surface area contributed by atoms with Crippen molar-refractivity contribution >= 4 is 55.1 Å². The molecule has 0 atom stereocenters. The number of aromatic nitrogens is 1. The molecule has 0 bridgehead atoms. The summed E-state index contributed by atoms with van der Waals surface area (Å²) in [5, 5.41) is 3.17. The van der Waals surface area contributed by atoms with Gasteiger partial charge in [0.25, 0.3) is 5.91 Å². The van der Waals surface area contributed by atoms with E-state index < -0.39 is 0 Å². The maximum Gasteiger partial charge on any atom is 0.255 e. The number of benzene rings is 1. The van der Waals surface area contributed by atoms with Crippen molar-refractivity contribution < 1.29 is 4.79 Å². The zero-order valence-corrected chi connectivity index (χ0v) is 15.4. The first-order valence-corrected chi connectivity index (χ1v) is 8.27. The van der Waals surface area contributed by atoms with E-state index in [1.54, 1.807) is 12.1 Å². The highest BCUT2D eigenvalue weighted by atomic mass is 79.9. The predicted octanol–water partition coefficient (Wildman–Crippen LogP) is 5.64. The second kappa shape index (κ2) is 6.90. The molecule has 2 aromatic rings. The zero-order valence-electron chi connectivity index (χ0n) is 11.5. The molecule has 1 N–H and O–H groups in total. The van der Waals surface area contributed by atoms with E-state index in [0.29, 0.717) is 16.4 Å². The van der Waals surface area contributed by atoms with Gasteiger partial charge >= 0.3 is 0 Å². The van der Waals surface area contributed by atoms with Crippen LogP contribution in [0.5, 0.6) is 0 Å². The molecule has 0 saturated carbocycles. The molecule has 2 rings (SSSR count). The Balaban J connectivity index is 2.28. The summed E-state index contributed by atoms with van der Waals surface area (Å²) in [6, 6.07) is 8.88. The first-order chi connectivity index (χ1) is 9.86. The van der Waals surface area contributed by atoms with E-state index in [9.17, 15) is 4.79 Å². The fourth-order valence-corrected chi connectivity index (χ4v) is 3.09. The van der Waals surface area contributed by atoms with Gasteiger partial charge in [-0.25, -0.2) is 4.98 Å². The molecule has 0 unspecified atom stereocenters. The molecule has 1 aromatic heterocycles. The van der Waals surface area contributed by atoms with Gasteiger partial charge in [0, 0.05) is 20.2 Å². The molecule has 1 heterocycles. The lowest BCUT2D eigenvalue weighted by molar-refractivity contribution is 0.102. The van der Waals surface area contributed by atoms with Crippen LogP contribution in [0.1, 0.15) is 35.8 Å². The fourth-order valence-electron chi connectivity index (χ4n) is 1.73. The first kappa shape index (κ1) is 16.5. The summed E-state index contributed by atoms with van der Waals surface area (Å²) in [6.45, 7) is 4.01. The summed E-state index contributed by atoms with van der Waals surface area (Å²) in [5.41, 5.74) is 1.98. The molecule has 0 radical (unpaired) electrons. The SMILES string of the molecule is CC(C)c1cc(C(=O)Nc2ccc(Br)cc2Br)cc(Cl)n1. The number of rotatable bonds is 3. The second-order valence-corrected chi connectivity index (χ2v) is 6.99. The minimum absolute atomic E-state index is 0.203. The number of carbonyl (C=O) groups excluding carboxylic acids is 1.